The normalized spacial score (nSPS) is 11.8. The number of rotatable bonds is 5. The first-order valence-corrected chi connectivity index (χ1v) is 4.10. The molecule has 0 aromatic heterocycles. The summed E-state index contributed by atoms with van der Waals surface area (Å²) in [7, 11) is 0. The lowest BCUT2D eigenvalue weighted by molar-refractivity contribution is -0.124. The van der Waals surface area contributed by atoms with Crippen molar-refractivity contribution in [2.45, 2.75) is 33.1 Å². The average molecular weight is 166 g/mol. The standard InChI is InChI=1S/C10H14O2/c1-4-9(5-2)10(12)7-6-8(3)11/h1,9H,5-7H2,2-3H3. The highest BCUT2D eigenvalue weighted by atomic mass is 16.1. The molecule has 0 fully saturated rings. The van der Waals surface area contributed by atoms with Crippen molar-refractivity contribution in [2.75, 3.05) is 0 Å². The summed E-state index contributed by atoms with van der Waals surface area (Å²) in [6.45, 7) is 3.35. The van der Waals surface area contributed by atoms with E-state index in [-0.39, 0.29) is 23.9 Å². The van der Waals surface area contributed by atoms with Gasteiger partial charge in [0, 0.05) is 12.8 Å². The zero-order valence-corrected chi connectivity index (χ0v) is 7.59. The van der Waals surface area contributed by atoms with Crippen LogP contribution in [0.25, 0.3) is 0 Å². The van der Waals surface area contributed by atoms with Gasteiger partial charge < -0.3 is 4.79 Å². The van der Waals surface area contributed by atoms with E-state index in [0.29, 0.717) is 12.8 Å². The molecule has 0 radical (unpaired) electrons. The number of carbonyl (C=O) groups is 2. The number of Topliss-reactive ketones (excluding diaryl/α,β-unsaturated/α-hetero) is 2. The van der Waals surface area contributed by atoms with Gasteiger partial charge in [-0.3, -0.25) is 4.79 Å². The fourth-order valence-electron chi connectivity index (χ4n) is 0.912. The van der Waals surface area contributed by atoms with E-state index in [9.17, 15) is 9.59 Å². The molecule has 2 nitrogen and oxygen atoms in total. The first-order valence-electron chi connectivity index (χ1n) is 4.10. The van der Waals surface area contributed by atoms with Crippen molar-refractivity contribution in [3.05, 3.63) is 0 Å². The molecule has 66 valence electrons. The second kappa shape index (κ2) is 5.54. The minimum Gasteiger partial charge on any atom is -0.300 e. The van der Waals surface area contributed by atoms with Crippen LogP contribution in [0.4, 0.5) is 0 Å². The summed E-state index contributed by atoms with van der Waals surface area (Å²) in [5, 5.41) is 0. The second-order valence-corrected chi connectivity index (χ2v) is 2.80. The minimum absolute atomic E-state index is 0.00944. The summed E-state index contributed by atoms with van der Waals surface area (Å²) in [5.41, 5.74) is 0. The van der Waals surface area contributed by atoms with Crippen LogP contribution < -0.4 is 0 Å². The predicted octanol–water partition coefficient (Wildman–Crippen LogP) is 1.58. The van der Waals surface area contributed by atoms with Crippen LogP contribution in [-0.4, -0.2) is 11.6 Å². The Morgan fingerprint density at radius 2 is 2.00 bits per heavy atom. The molecule has 0 N–H and O–H groups in total. The van der Waals surface area contributed by atoms with Gasteiger partial charge in [-0.2, -0.15) is 0 Å². The Kier molecular flexibility index (Phi) is 5.03. The Morgan fingerprint density at radius 1 is 1.42 bits per heavy atom. The summed E-state index contributed by atoms with van der Waals surface area (Å²) < 4.78 is 0. The van der Waals surface area contributed by atoms with Gasteiger partial charge in [-0.15, -0.1) is 6.42 Å². The Bertz CT molecular complexity index is 210. The molecule has 0 saturated carbocycles. The van der Waals surface area contributed by atoms with Gasteiger partial charge in [-0.1, -0.05) is 12.8 Å². The minimum atomic E-state index is -0.302. The van der Waals surface area contributed by atoms with Gasteiger partial charge in [0.05, 0.1) is 5.92 Å². The molecule has 12 heavy (non-hydrogen) atoms. The maximum Gasteiger partial charge on any atom is 0.148 e. The molecule has 1 atom stereocenters. The summed E-state index contributed by atoms with van der Waals surface area (Å²) in [5.74, 6) is 2.16. The van der Waals surface area contributed by atoms with E-state index in [4.69, 9.17) is 6.42 Å². The highest BCUT2D eigenvalue weighted by molar-refractivity contribution is 5.87. The maximum atomic E-state index is 11.2. The summed E-state index contributed by atoms with van der Waals surface area (Å²) in [6, 6.07) is 0. The highest BCUT2D eigenvalue weighted by Crippen LogP contribution is 2.06. The molecule has 0 aromatic carbocycles. The van der Waals surface area contributed by atoms with Crippen LogP contribution in [-0.2, 0) is 9.59 Å². The number of carbonyl (C=O) groups excluding carboxylic acids is 2. The Hall–Kier alpha value is -1.10. The third kappa shape index (κ3) is 3.92. The third-order valence-electron chi connectivity index (χ3n) is 1.72. The highest BCUT2D eigenvalue weighted by Gasteiger charge is 2.13. The molecule has 0 aromatic rings. The SMILES string of the molecule is C#CC(CC)C(=O)CCC(C)=O. The summed E-state index contributed by atoms with van der Waals surface area (Å²) in [4.78, 5) is 21.8. The van der Waals surface area contributed by atoms with E-state index in [1.165, 1.54) is 6.92 Å². The van der Waals surface area contributed by atoms with Crippen LogP contribution in [0.3, 0.4) is 0 Å². The monoisotopic (exact) mass is 166 g/mol. The maximum absolute atomic E-state index is 11.2. The van der Waals surface area contributed by atoms with Crippen LogP contribution in [0.5, 0.6) is 0 Å². The lowest BCUT2D eigenvalue weighted by atomic mass is 9.98. The number of terminal acetylenes is 1. The third-order valence-corrected chi connectivity index (χ3v) is 1.72. The lowest BCUT2D eigenvalue weighted by Crippen LogP contribution is -2.12. The van der Waals surface area contributed by atoms with Crippen LogP contribution in [0.2, 0.25) is 0 Å². The number of hydrogen-bond donors (Lipinski definition) is 0. The molecule has 0 amide bonds. The quantitative estimate of drug-likeness (QED) is 0.581. The van der Waals surface area contributed by atoms with Crippen LogP contribution in [0.1, 0.15) is 33.1 Å². The predicted molar refractivity (Wildman–Crippen MR) is 47.5 cm³/mol. The first kappa shape index (κ1) is 10.9. The zero-order chi connectivity index (χ0) is 9.56. The molecule has 0 spiro atoms. The fraction of sp³-hybridized carbons (Fsp3) is 0.600. The molecular formula is C10H14O2. The number of ketones is 2. The molecular weight excluding hydrogens is 152 g/mol. The van der Waals surface area contributed by atoms with Gasteiger partial charge in [0.2, 0.25) is 0 Å². The lowest BCUT2D eigenvalue weighted by Gasteiger charge is -2.04. The Balaban J connectivity index is 3.87. The molecule has 0 aliphatic carbocycles. The van der Waals surface area contributed by atoms with Gasteiger partial charge in [-0.25, -0.2) is 0 Å². The molecule has 0 aliphatic rings. The molecule has 0 aliphatic heterocycles. The fourth-order valence-corrected chi connectivity index (χ4v) is 0.912. The summed E-state index contributed by atoms with van der Waals surface area (Å²) in [6.07, 6.45) is 6.40. The Labute approximate surface area is 73.3 Å². The van der Waals surface area contributed by atoms with Crippen molar-refractivity contribution in [1.82, 2.24) is 0 Å². The van der Waals surface area contributed by atoms with E-state index in [1.807, 2.05) is 6.92 Å². The van der Waals surface area contributed by atoms with Gasteiger partial charge in [0.25, 0.3) is 0 Å². The van der Waals surface area contributed by atoms with Gasteiger partial charge >= 0.3 is 0 Å². The molecule has 0 saturated heterocycles. The van der Waals surface area contributed by atoms with E-state index < -0.39 is 0 Å². The Morgan fingerprint density at radius 3 is 2.33 bits per heavy atom. The van der Waals surface area contributed by atoms with Crippen molar-refractivity contribution in [3.8, 4) is 12.3 Å². The zero-order valence-electron chi connectivity index (χ0n) is 7.59. The van der Waals surface area contributed by atoms with Crippen molar-refractivity contribution >= 4 is 11.6 Å². The molecule has 2 heteroatoms. The van der Waals surface area contributed by atoms with Gasteiger partial charge in [0.1, 0.15) is 11.6 Å². The van der Waals surface area contributed by atoms with E-state index in [1.54, 1.807) is 0 Å². The molecule has 0 rings (SSSR count). The van der Waals surface area contributed by atoms with Crippen LogP contribution in [0, 0.1) is 18.3 Å². The van der Waals surface area contributed by atoms with Crippen LogP contribution in [0.15, 0.2) is 0 Å². The van der Waals surface area contributed by atoms with E-state index in [2.05, 4.69) is 5.92 Å². The van der Waals surface area contributed by atoms with Crippen molar-refractivity contribution < 1.29 is 9.59 Å². The van der Waals surface area contributed by atoms with Crippen molar-refractivity contribution in [2.24, 2.45) is 5.92 Å². The average Bonchev–Trinajstić information content (AvgIpc) is 2.03. The largest absolute Gasteiger partial charge is 0.300 e. The molecule has 0 bridgehead atoms. The smallest absolute Gasteiger partial charge is 0.148 e. The van der Waals surface area contributed by atoms with E-state index in [0.717, 1.165) is 0 Å². The van der Waals surface area contributed by atoms with Crippen LogP contribution >= 0.6 is 0 Å². The van der Waals surface area contributed by atoms with E-state index >= 15 is 0 Å². The molecule has 1 unspecified atom stereocenters. The summed E-state index contributed by atoms with van der Waals surface area (Å²) >= 11 is 0. The van der Waals surface area contributed by atoms with Crippen molar-refractivity contribution in [3.63, 3.8) is 0 Å². The second-order valence-electron chi connectivity index (χ2n) is 2.80. The molecule has 0 heterocycles. The number of hydrogen-bond acceptors (Lipinski definition) is 2. The first-order chi connectivity index (χ1) is 5.61. The van der Waals surface area contributed by atoms with Gasteiger partial charge in [-0.05, 0) is 13.3 Å². The van der Waals surface area contributed by atoms with Gasteiger partial charge in [0.15, 0.2) is 0 Å². The topological polar surface area (TPSA) is 34.1 Å². The van der Waals surface area contributed by atoms with Crippen molar-refractivity contribution in [1.29, 1.82) is 0 Å².